The Kier molecular flexibility index (Phi) is 6.26. The predicted octanol–water partition coefficient (Wildman–Crippen LogP) is 4.54. The van der Waals surface area contributed by atoms with Crippen LogP contribution in [-0.2, 0) is 11.3 Å². The minimum Gasteiger partial charge on any atom is -0.493 e. The second-order valence-corrected chi connectivity index (χ2v) is 6.99. The highest BCUT2D eigenvalue weighted by Crippen LogP contribution is 2.20. The van der Waals surface area contributed by atoms with E-state index in [0.717, 1.165) is 40.6 Å². The van der Waals surface area contributed by atoms with E-state index in [0.29, 0.717) is 5.82 Å². The van der Waals surface area contributed by atoms with Crippen molar-refractivity contribution in [2.75, 3.05) is 11.9 Å². The number of nitrogens with one attached hydrogen (secondary N) is 1. The van der Waals surface area contributed by atoms with Crippen molar-refractivity contribution in [2.45, 2.75) is 33.7 Å². The quantitative estimate of drug-likeness (QED) is 0.635. The molecular weight excluding hydrogens is 376 g/mol. The number of aryl methyl sites for hydroxylation is 3. The number of hydrogen-bond acceptors (Lipinski definition) is 3. The van der Waals surface area contributed by atoms with Crippen LogP contribution in [0, 0.1) is 32.4 Å². The first-order valence-corrected chi connectivity index (χ1v) is 9.29. The smallest absolute Gasteiger partial charge is 0.228 e. The van der Waals surface area contributed by atoms with Gasteiger partial charge in [-0.3, -0.25) is 4.79 Å². The summed E-state index contributed by atoms with van der Waals surface area (Å²) in [5, 5.41) is 6.95. The lowest BCUT2D eigenvalue weighted by molar-refractivity contribution is -0.116. The summed E-state index contributed by atoms with van der Waals surface area (Å²) in [6, 6.07) is 9.11. The van der Waals surface area contributed by atoms with Gasteiger partial charge in [0.1, 0.15) is 23.2 Å². The molecule has 0 atom stereocenters. The summed E-state index contributed by atoms with van der Waals surface area (Å²) in [5.74, 6) is -0.117. The average Bonchev–Trinajstić information content (AvgIpc) is 3.00. The first-order valence-electron chi connectivity index (χ1n) is 9.29. The van der Waals surface area contributed by atoms with Gasteiger partial charge in [-0.2, -0.15) is 5.10 Å². The molecule has 0 aliphatic carbocycles. The van der Waals surface area contributed by atoms with Gasteiger partial charge in [-0.25, -0.2) is 13.5 Å². The summed E-state index contributed by atoms with van der Waals surface area (Å²) in [6.45, 7) is 5.97. The van der Waals surface area contributed by atoms with Crippen LogP contribution in [0.2, 0.25) is 0 Å². The van der Waals surface area contributed by atoms with Crippen LogP contribution in [0.5, 0.6) is 5.75 Å². The number of halogens is 2. The molecule has 5 nitrogen and oxygen atoms in total. The molecule has 2 aromatic carbocycles. The molecule has 0 aliphatic heterocycles. The minimum absolute atomic E-state index is 0.00606. The molecule has 1 aromatic heterocycles. The number of amides is 1. The van der Waals surface area contributed by atoms with Gasteiger partial charge < -0.3 is 10.1 Å². The van der Waals surface area contributed by atoms with Gasteiger partial charge in [0.05, 0.1) is 25.8 Å². The second-order valence-electron chi connectivity index (χ2n) is 6.99. The molecule has 3 rings (SSSR count). The maximum Gasteiger partial charge on any atom is 0.228 e. The number of ether oxygens (including phenoxy) is 1. The van der Waals surface area contributed by atoms with Gasteiger partial charge in [0, 0.05) is 11.1 Å². The Hall–Kier alpha value is -3.22. The molecular formula is C22H23F2N3O2. The van der Waals surface area contributed by atoms with Gasteiger partial charge in [0.15, 0.2) is 0 Å². The van der Waals surface area contributed by atoms with E-state index >= 15 is 0 Å². The monoisotopic (exact) mass is 399 g/mol. The number of carbonyl (C=O) groups excluding carboxylic acids is 1. The van der Waals surface area contributed by atoms with Crippen LogP contribution in [0.15, 0.2) is 42.6 Å². The Morgan fingerprint density at radius 2 is 1.90 bits per heavy atom. The van der Waals surface area contributed by atoms with Crippen molar-refractivity contribution in [1.29, 1.82) is 0 Å². The number of hydrogen-bond donors (Lipinski definition) is 1. The fourth-order valence-corrected chi connectivity index (χ4v) is 3.00. The average molecular weight is 399 g/mol. The molecule has 1 N–H and O–H groups in total. The predicted molar refractivity (Wildman–Crippen MR) is 107 cm³/mol. The van der Waals surface area contributed by atoms with Crippen LogP contribution in [0.4, 0.5) is 14.6 Å². The number of carbonyl (C=O) groups is 1. The van der Waals surface area contributed by atoms with Crippen molar-refractivity contribution < 1.29 is 18.3 Å². The molecule has 0 saturated heterocycles. The molecule has 152 valence electrons. The summed E-state index contributed by atoms with van der Waals surface area (Å²) in [6.07, 6.45) is 1.71. The fraction of sp³-hybridized carbons (Fsp3) is 0.273. The van der Waals surface area contributed by atoms with Gasteiger partial charge in [0.2, 0.25) is 5.91 Å². The third kappa shape index (κ3) is 5.19. The van der Waals surface area contributed by atoms with E-state index in [9.17, 15) is 13.6 Å². The Morgan fingerprint density at radius 1 is 1.10 bits per heavy atom. The minimum atomic E-state index is -0.529. The molecule has 7 heteroatoms. The van der Waals surface area contributed by atoms with Gasteiger partial charge in [-0.15, -0.1) is 0 Å². The van der Waals surface area contributed by atoms with Gasteiger partial charge in [-0.1, -0.05) is 17.7 Å². The molecule has 0 radical (unpaired) electrons. The van der Waals surface area contributed by atoms with Crippen LogP contribution in [0.25, 0.3) is 0 Å². The van der Waals surface area contributed by atoms with Gasteiger partial charge in [-0.05, 0) is 50.6 Å². The summed E-state index contributed by atoms with van der Waals surface area (Å²) in [5.41, 5.74) is 3.04. The molecule has 0 fully saturated rings. The number of aromatic nitrogens is 2. The Morgan fingerprint density at radius 3 is 2.66 bits per heavy atom. The highest BCUT2D eigenvalue weighted by Gasteiger charge is 2.14. The zero-order valence-electron chi connectivity index (χ0n) is 16.6. The van der Waals surface area contributed by atoms with Crippen molar-refractivity contribution in [3.63, 3.8) is 0 Å². The van der Waals surface area contributed by atoms with E-state index < -0.39 is 11.6 Å². The summed E-state index contributed by atoms with van der Waals surface area (Å²) in [4.78, 5) is 12.4. The maximum absolute atomic E-state index is 13.9. The number of nitrogens with zero attached hydrogens (tertiary/aromatic N) is 2. The van der Waals surface area contributed by atoms with Crippen LogP contribution in [0.1, 0.15) is 28.7 Å². The lowest BCUT2D eigenvalue weighted by Gasteiger charge is -2.12. The van der Waals surface area contributed by atoms with Crippen molar-refractivity contribution in [2.24, 2.45) is 0 Å². The van der Waals surface area contributed by atoms with E-state index in [4.69, 9.17) is 4.74 Å². The normalized spacial score (nSPS) is 10.8. The molecule has 0 bridgehead atoms. The summed E-state index contributed by atoms with van der Waals surface area (Å²) in [7, 11) is 0. The van der Waals surface area contributed by atoms with Crippen molar-refractivity contribution >= 4 is 11.7 Å². The number of benzene rings is 2. The molecule has 0 aliphatic rings. The van der Waals surface area contributed by atoms with E-state index in [2.05, 4.69) is 10.4 Å². The third-order valence-electron chi connectivity index (χ3n) is 4.53. The van der Waals surface area contributed by atoms with Gasteiger partial charge in [0.25, 0.3) is 0 Å². The second kappa shape index (κ2) is 8.86. The van der Waals surface area contributed by atoms with Crippen LogP contribution in [0.3, 0.4) is 0 Å². The molecule has 0 unspecified atom stereocenters. The summed E-state index contributed by atoms with van der Waals surface area (Å²) < 4.78 is 34.5. The molecule has 29 heavy (non-hydrogen) atoms. The SMILES string of the molecule is Cc1ccc(OCCC(=O)Nc2c(C)cnn2Cc2cc(F)ccc2F)c(C)c1. The summed E-state index contributed by atoms with van der Waals surface area (Å²) >= 11 is 0. The highest BCUT2D eigenvalue weighted by molar-refractivity contribution is 5.90. The Labute approximate surface area is 168 Å². The van der Waals surface area contributed by atoms with Gasteiger partial charge >= 0.3 is 0 Å². The topological polar surface area (TPSA) is 56.1 Å². The first kappa shape index (κ1) is 20.5. The molecule has 3 aromatic rings. The van der Waals surface area contributed by atoms with E-state index in [1.165, 1.54) is 4.68 Å². The Balaban J connectivity index is 1.62. The highest BCUT2D eigenvalue weighted by atomic mass is 19.1. The number of anilines is 1. The largest absolute Gasteiger partial charge is 0.493 e. The molecule has 1 amide bonds. The van der Waals surface area contributed by atoms with Crippen molar-refractivity contribution in [1.82, 2.24) is 9.78 Å². The Bertz CT molecular complexity index is 1030. The van der Waals surface area contributed by atoms with Crippen LogP contribution < -0.4 is 10.1 Å². The van der Waals surface area contributed by atoms with Crippen LogP contribution >= 0.6 is 0 Å². The van der Waals surface area contributed by atoms with E-state index in [1.54, 1.807) is 13.1 Å². The van der Waals surface area contributed by atoms with E-state index in [-0.39, 0.29) is 31.0 Å². The standard InChI is InChI=1S/C22H23F2N3O2/c1-14-4-7-20(15(2)10-14)29-9-8-21(28)26-22-16(3)12-25-27(22)13-17-11-18(23)5-6-19(17)24/h4-7,10-12H,8-9,13H2,1-3H3,(H,26,28). The lowest BCUT2D eigenvalue weighted by Crippen LogP contribution is -2.19. The zero-order valence-corrected chi connectivity index (χ0v) is 16.6. The third-order valence-corrected chi connectivity index (χ3v) is 4.53. The van der Waals surface area contributed by atoms with Crippen molar-refractivity contribution in [3.05, 3.63) is 76.5 Å². The first-order chi connectivity index (χ1) is 13.8. The van der Waals surface area contributed by atoms with E-state index in [1.807, 2.05) is 32.0 Å². The van der Waals surface area contributed by atoms with Crippen LogP contribution in [-0.4, -0.2) is 22.3 Å². The molecule has 1 heterocycles. The molecule has 0 spiro atoms. The maximum atomic E-state index is 13.9. The van der Waals surface area contributed by atoms with Crippen molar-refractivity contribution in [3.8, 4) is 5.75 Å². The number of rotatable bonds is 7. The fourth-order valence-electron chi connectivity index (χ4n) is 3.00. The molecule has 0 saturated carbocycles. The zero-order chi connectivity index (χ0) is 21.0. The lowest BCUT2D eigenvalue weighted by atomic mass is 10.1.